The Balaban J connectivity index is 2.57. The van der Waals surface area contributed by atoms with Gasteiger partial charge in [-0.25, -0.2) is 14.4 Å². The molecule has 0 atom stereocenters. The minimum absolute atomic E-state index is 0.0188. The number of rotatable bonds is 1. The number of phenols is 1. The normalized spacial score (nSPS) is 10.1. The second kappa shape index (κ2) is 3.41. The van der Waals surface area contributed by atoms with E-state index in [4.69, 9.17) is 0 Å². The highest BCUT2D eigenvalue weighted by molar-refractivity contribution is 5.63. The number of hydrogen-bond acceptors (Lipinski definition) is 3. The average Bonchev–Trinajstić information content (AvgIpc) is 2.23. The van der Waals surface area contributed by atoms with E-state index >= 15 is 0 Å². The van der Waals surface area contributed by atoms with E-state index in [9.17, 15) is 9.50 Å². The summed E-state index contributed by atoms with van der Waals surface area (Å²) in [4.78, 5) is 7.54. The van der Waals surface area contributed by atoms with Crippen LogP contribution in [0.4, 0.5) is 4.39 Å². The van der Waals surface area contributed by atoms with Gasteiger partial charge in [-0.15, -0.1) is 0 Å². The first-order valence-electron chi connectivity index (χ1n) is 4.01. The molecule has 0 amide bonds. The molecule has 4 heteroatoms. The molecule has 1 N–H and O–H groups in total. The Kier molecular flexibility index (Phi) is 2.10. The molecule has 1 aromatic carbocycles. The maximum absolute atomic E-state index is 13.3. The van der Waals surface area contributed by atoms with E-state index in [1.165, 1.54) is 36.9 Å². The standard InChI is InChI=1S/C10H7FN2O/c11-10-2-1-8(14)3-9(10)7-4-12-6-13-5-7/h1-6,14H. The molecule has 0 aliphatic carbocycles. The molecule has 3 nitrogen and oxygen atoms in total. The molecule has 0 saturated heterocycles. The van der Waals surface area contributed by atoms with Gasteiger partial charge in [-0.3, -0.25) is 0 Å². The molecule has 0 bridgehead atoms. The van der Waals surface area contributed by atoms with E-state index in [0.29, 0.717) is 11.1 Å². The molecule has 1 heterocycles. The lowest BCUT2D eigenvalue weighted by Gasteiger charge is -2.02. The first kappa shape index (κ1) is 8.62. The monoisotopic (exact) mass is 190 g/mol. The predicted molar refractivity (Wildman–Crippen MR) is 49.1 cm³/mol. The summed E-state index contributed by atoms with van der Waals surface area (Å²) in [6.07, 6.45) is 4.35. The Morgan fingerprint density at radius 3 is 2.57 bits per heavy atom. The van der Waals surface area contributed by atoms with Crippen LogP contribution >= 0.6 is 0 Å². The van der Waals surface area contributed by atoms with Crippen LogP contribution < -0.4 is 0 Å². The SMILES string of the molecule is Oc1ccc(F)c(-c2cncnc2)c1. The fourth-order valence-electron chi connectivity index (χ4n) is 1.17. The molecule has 2 aromatic rings. The van der Waals surface area contributed by atoms with Crippen molar-refractivity contribution in [1.82, 2.24) is 9.97 Å². The van der Waals surface area contributed by atoms with Crippen LogP contribution in [0.3, 0.4) is 0 Å². The van der Waals surface area contributed by atoms with Gasteiger partial charge in [0.2, 0.25) is 0 Å². The molecule has 0 aliphatic heterocycles. The fourth-order valence-corrected chi connectivity index (χ4v) is 1.17. The number of nitrogens with zero attached hydrogens (tertiary/aromatic N) is 2. The van der Waals surface area contributed by atoms with Gasteiger partial charge in [0.1, 0.15) is 17.9 Å². The summed E-state index contributed by atoms with van der Waals surface area (Å²) in [5, 5.41) is 9.19. The maximum atomic E-state index is 13.3. The fraction of sp³-hybridized carbons (Fsp3) is 0. The molecule has 0 aliphatic rings. The Hall–Kier alpha value is -1.97. The van der Waals surface area contributed by atoms with Gasteiger partial charge < -0.3 is 5.11 Å². The van der Waals surface area contributed by atoms with Gasteiger partial charge >= 0.3 is 0 Å². The van der Waals surface area contributed by atoms with Gasteiger partial charge in [0.25, 0.3) is 0 Å². The largest absolute Gasteiger partial charge is 0.508 e. The van der Waals surface area contributed by atoms with Crippen molar-refractivity contribution in [2.45, 2.75) is 0 Å². The summed E-state index contributed by atoms with van der Waals surface area (Å²) >= 11 is 0. The lowest BCUT2D eigenvalue weighted by atomic mass is 10.1. The predicted octanol–water partition coefficient (Wildman–Crippen LogP) is 1.99. The van der Waals surface area contributed by atoms with Gasteiger partial charge in [-0.2, -0.15) is 0 Å². The van der Waals surface area contributed by atoms with Crippen molar-refractivity contribution in [3.63, 3.8) is 0 Å². The lowest BCUT2D eigenvalue weighted by Crippen LogP contribution is -1.86. The van der Waals surface area contributed by atoms with Crippen molar-refractivity contribution in [3.05, 3.63) is 42.7 Å². The van der Waals surface area contributed by atoms with Gasteiger partial charge in [-0.05, 0) is 18.2 Å². The first-order valence-corrected chi connectivity index (χ1v) is 4.01. The molecule has 0 fully saturated rings. The van der Waals surface area contributed by atoms with Crippen molar-refractivity contribution >= 4 is 0 Å². The molecular weight excluding hydrogens is 183 g/mol. The van der Waals surface area contributed by atoms with Crippen molar-refractivity contribution < 1.29 is 9.50 Å². The third-order valence-electron chi connectivity index (χ3n) is 1.82. The molecular formula is C10H7FN2O. The number of hydrogen-bond donors (Lipinski definition) is 1. The smallest absolute Gasteiger partial charge is 0.131 e. The van der Waals surface area contributed by atoms with Crippen LogP contribution in [0.5, 0.6) is 5.75 Å². The Morgan fingerprint density at radius 2 is 1.86 bits per heavy atom. The maximum Gasteiger partial charge on any atom is 0.131 e. The lowest BCUT2D eigenvalue weighted by molar-refractivity contribution is 0.473. The minimum Gasteiger partial charge on any atom is -0.508 e. The minimum atomic E-state index is -0.405. The Morgan fingerprint density at radius 1 is 1.14 bits per heavy atom. The second-order valence-corrected chi connectivity index (χ2v) is 2.79. The Labute approximate surface area is 79.9 Å². The quantitative estimate of drug-likeness (QED) is 0.747. The number of aromatic nitrogens is 2. The van der Waals surface area contributed by atoms with E-state index in [2.05, 4.69) is 9.97 Å². The zero-order valence-electron chi connectivity index (χ0n) is 7.18. The van der Waals surface area contributed by atoms with E-state index in [0.717, 1.165) is 0 Å². The number of phenolic OH excluding ortho intramolecular Hbond substituents is 1. The summed E-state index contributed by atoms with van der Waals surface area (Å²) in [6, 6.07) is 3.84. The van der Waals surface area contributed by atoms with Crippen LogP contribution in [0.25, 0.3) is 11.1 Å². The average molecular weight is 190 g/mol. The number of benzene rings is 1. The van der Waals surface area contributed by atoms with Crippen LogP contribution in [-0.2, 0) is 0 Å². The molecule has 0 saturated carbocycles. The number of halogens is 1. The molecule has 1 aromatic heterocycles. The van der Waals surface area contributed by atoms with Crippen LogP contribution in [0.1, 0.15) is 0 Å². The third kappa shape index (κ3) is 1.54. The van der Waals surface area contributed by atoms with Crippen molar-refractivity contribution in [2.24, 2.45) is 0 Å². The highest BCUT2D eigenvalue weighted by Crippen LogP contribution is 2.24. The van der Waals surface area contributed by atoms with E-state index in [-0.39, 0.29) is 5.75 Å². The van der Waals surface area contributed by atoms with Crippen molar-refractivity contribution in [2.75, 3.05) is 0 Å². The Bertz CT molecular complexity index is 445. The highest BCUT2D eigenvalue weighted by Gasteiger charge is 2.05. The summed E-state index contributed by atoms with van der Waals surface area (Å²) in [5.74, 6) is -0.386. The van der Waals surface area contributed by atoms with Crippen molar-refractivity contribution in [3.8, 4) is 16.9 Å². The number of aromatic hydroxyl groups is 1. The molecule has 70 valence electrons. The summed E-state index contributed by atoms with van der Waals surface area (Å²) in [6.45, 7) is 0. The zero-order chi connectivity index (χ0) is 9.97. The zero-order valence-corrected chi connectivity index (χ0v) is 7.18. The van der Waals surface area contributed by atoms with Crippen LogP contribution in [-0.4, -0.2) is 15.1 Å². The van der Waals surface area contributed by atoms with Crippen molar-refractivity contribution in [1.29, 1.82) is 0 Å². The summed E-state index contributed by atoms with van der Waals surface area (Å²) in [5.41, 5.74) is 0.839. The molecule has 0 radical (unpaired) electrons. The third-order valence-corrected chi connectivity index (χ3v) is 1.82. The van der Waals surface area contributed by atoms with Crippen LogP contribution in [0, 0.1) is 5.82 Å². The first-order chi connectivity index (χ1) is 6.77. The van der Waals surface area contributed by atoms with E-state index < -0.39 is 5.82 Å². The van der Waals surface area contributed by atoms with Gasteiger partial charge in [0.05, 0.1) is 0 Å². The summed E-state index contributed by atoms with van der Waals surface area (Å²) in [7, 11) is 0. The topological polar surface area (TPSA) is 46.0 Å². The van der Waals surface area contributed by atoms with Gasteiger partial charge in [0.15, 0.2) is 0 Å². The molecule has 0 unspecified atom stereocenters. The van der Waals surface area contributed by atoms with E-state index in [1.807, 2.05) is 0 Å². The summed E-state index contributed by atoms with van der Waals surface area (Å²) < 4.78 is 13.3. The highest BCUT2D eigenvalue weighted by atomic mass is 19.1. The molecule has 2 rings (SSSR count). The van der Waals surface area contributed by atoms with Gasteiger partial charge in [-0.1, -0.05) is 0 Å². The molecule has 14 heavy (non-hydrogen) atoms. The second-order valence-electron chi connectivity index (χ2n) is 2.79. The van der Waals surface area contributed by atoms with Crippen LogP contribution in [0.15, 0.2) is 36.9 Å². The van der Waals surface area contributed by atoms with Crippen LogP contribution in [0.2, 0.25) is 0 Å². The van der Waals surface area contributed by atoms with Gasteiger partial charge in [0, 0.05) is 23.5 Å². The molecule has 0 spiro atoms. The van der Waals surface area contributed by atoms with E-state index in [1.54, 1.807) is 0 Å².